The number of hydrogen-bond acceptors (Lipinski definition) is 3. The van der Waals surface area contributed by atoms with Gasteiger partial charge in [0.25, 0.3) is 11.8 Å². The third-order valence-corrected chi connectivity index (χ3v) is 4.61. The molecule has 0 radical (unpaired) electrons. The maximum Gasteiger partial charge on any atom is 0.271 e. The fraction of sp³-hybridized carbons (Fsp3) is 0.0909. The average Bonchev–Trinajstić information content (AvgIpc) is 2.73. The van der Waals surface area contributed by atoms with Crippen molar-refractivity contribution in [3.8, 4) is 5.75 Å². The summed E-state index contributed by atoms with van der Waals surface area (Å²) >= 11 is 11.8. The number of halogens is 2. The number of rotatable bonds is 6. The summed E-state index contributed by atoms with van der Waals surface area (Å²) in [5.41, 5.74) is 6.42. The van der Waals surface area contributed by atoms with Crippen molar-refractivity contribution < 1.29 is 14.3 Å². The van der Waals surface area contributed by atoms with Crippen LogP contribution < -0.4 is 15.6 Å². The first-order valence-corrected chi connectivity index (χ1v) is 9.61. The van der Waals surface area contributed by atoms with Gasteiger partial charge in [-0.2, -0.15) is 0 Å². The van der Waals surface area contributed by atoms with Crippen LogP contribution in [0.5, 0.6) is 5.75 Å². The third kappa shape index (κ3) is 5.98. The van der Waals surface area contributed by atoms with Crippen molar-refractivity contribution in [1.82, 2.24) is 10.9 Å². The lowest BCUT2D eigenvalue weighted by molar-refractivity contribution is 0.0846. The summed E-state index contributed by atoms with van der Waals surface area (Å²) in [6.07, 6.45) is 0.759. The number of ether oxygens (including phenoxy) is 1. The Kier molecular flexibility index (Phi) is 7.11. The predicted molar refractivity (Wildman–Crippen MR) is 113 cm³/mol. The van der Waals surface area contributed by atoms with Crippen molar-refractivity contribution in [3.05, 3.63) is 99.5 Å². The number of nitrogens with one attached hydrogen (secondary N) is 2. The molecule has 148 valence electrons. The van der Waals surface area contributed by atoms with Gasteiger partial charge in [-0.15, -0.1) is 0 Å². The number of carbonyl (C=O) groups is 2. The van der Waals surface area contributed by atoms with Gasteiger partial charge in [-0.1, -0.05) is 59.6 Å². The van der Waals surface area contributed by atoms with Crippen molar-refractivity contribution in [2.45, 2.75) is 6.42 Å². The van der Waals surface area contributed by atoms with E-state index in [1.165, 1.54) is 17.7 Å². The molecule has 0 saturated carbocycles. The maximum atomic E-state index is 12.3. The highest BCUT2D eigenvalue weighted by Gasteiger charge is 2.13. The monoisotopic (exact) mass is 428 g/mol. The number of amides is 2. The van der Waals surface area contributed by atoms with E-state index in [-0.39, 0.29) is 10.6 Å². The molecule has 0 aliphatic heterocycles. The molecule has 0 unspecified atom stereocenters. The van der Waals surface area contributed by atoms with E-state index in [0.717, 1.165) is 6.42 Å². The summed E-state index contributed by atoms with van der Waals surface area (Å²) in [4.78, 5) is 24.5. The molecule has 0 aromatic heterocycles. The first-order chi connectivity index (χ1) is 14.0. The molecule has 3 aromatic carbocycles. The van der Waals surface area contributed by atoms with Gasteiger partial charge >= 0.3 is 0 Å². The molecular weight excluding hydrogens is 411 g/mol. The minimum atomic E-state index is -0.546. The van der Waals surface area contributed by atoms with Crippen molar-refractivity contribution in [2.24, 2.45) is 0 Å². The van der Waals surface area contributed by atoms with Crippen LogP contribution in [-0.4, -0.2) is 18.4 Å². The van der Waals surface area contributed by atoms with Crippen LogP contribution in [0.3, 0.4) is 0 Å². The molecule has 2 N–H and O–H groups in total. The largest absolute Gasteiger partial charge is 0.493 e. The van der Waals surface area contributed by atoms with Crippen LogP contribution in [0.15, 0.2) is 72.8 Å². The quantitative estimate of drug-likeness (QED) is 0.559. The maximum absolute atomic E-state index is 12.3. The predicted octanol–water partition coefficient (Wildman–Crippen LogP) is 4.69. The lowest BCUT2D eigenvalue weighted by Crippen LogP contribution is -2.41. The Morgan fingerprint density at radius 3 is 2.34 bits per heavy atom. The van der Waals surface area contributed by atoms with E-state index in [9.17, 15) is 9.59 Å². The Morgan fingerprint density at radius 2 is 1.59 bits per heavy atom. The number of benzene rings is 3. The Labute approximate surface area is 178 Å². The lowest BCUT2D eigenvalue weighted by atomic mass is 10.2. The van der Waals surface area contributed by atoms with Gasteiger partial charge in [0, 0.05) is 17.0 Å². The van der Waals surface area contributed by atoms with Crippen molar-refractivity contribution >= 4 is 35.0 Å². The van der Waals surface area contributed by atoms with Gasteiger partial charge in [0.1, 0.15) is 5.75 Å². The summed E-state index contributed by atoms with van der Waals surface area (Å²) in [5.74, 6) is -0.451. The summed E-state index contributed by atoms with van der Waals surface area (Å²) < 4.78 is 5.73. The molecule has 0 atom stereocenters. The minimum Gasteiger partial charge on any atom is -0.493 e. The highest BCUT2D eigenvalue weighted by molar-refractivity contribution is 6.36. The topological polar surface area (TPSA) is 67.4 Å². The normalized spacial score (nSPS) is 10.3. The lowest BCUT2D eigenvalue weighted by Gasteiger charge is -2.10. The van der Waals surface area contributed by atoms with Gasteiger partial charge in [-0.3, -0.25) is 20.4 Å². The van der Waals surface area contributed by atoms with Crippen LogP contribution in [-0.2, 0) is 6.42 Å². The van der Waals surface area contributed by atoms with Crippen LogP contribution in [0.4, 0.5) is 0 Å². The zero-order chi connectivity index (χ0) is 20.6. The molecule has 0 saturated heterocycles. The second-order valence-electron chi connectivity index (χ2n) is 6.14. The molecule has 29 heavy (non-hydrogen) atoms. The van der Waals surface area contributed by atoms with Gasteiger partial charge in [-0.05, 0) is 42.0 Å². The first-order valence-electron chi connectivity index (χ1n) is 8.85. The van der Waals surface area contributed by atoms with Crippen molar-refractivity contribution in [2.75, 3.05) is 6.61 Å². The molecule has 0 aliphatic rings. The molecule has 7 heteroatoms. The fourth-order valence-corrected chi connectivity index (χ4v) is 3.08. The molecule has 0 spiro atoms. The Bertz CT molecular complexity index is 1010. The molecular formula is C22H18Cl2N2O3. The average molecular weight is 429 g/mol. The smallest absolute Gasteiger partial charge is 0.271 e. The van der Waals surface area contributed by atoms with Gasteiger partial charge in [0.05, 0.1) is 17.2 Å². The summed E-state index contributed by atoms with van der Waals surface area (Å²) in [6.45, 7) is 0.487. The van der Waals surface area contributed by atoms with E-state index in [2.05, 4.69) is 10.9 Å². The van der Waals surface area contributed by atoms with Gasteiger partial charge in [0.2, 0.25) is 0 Å². The Balaban J connectivity index is 1.54. The molecule has 5 nitrogen and oxygen atoms in total. The van der Waals surface area contributed by atoms with E-state index in [0.29, 0.717) is 22.9 Å². The SMILES string of the molecule is O=C(NNC(=O)c1ccc(Cl)cc1Cl)c1cccc(OCCc2ccccc2)c1. The van der Waals surface area contributed by atoms with Crippen LogP contribution in [0.2, 0.25) is 10.0 Å². The molecule has 0 bridgehead atoms. The Hall–Kier alpha value is -3.02. The van der Waals surface area contributed by atoms with E-state index in [1.807, 2.05) is 30.3 Å². The van der Waals surface area contributed by atoms with E-state index < -0.39 is 11.8 Å². The zero-order valence-electron chi connectivity index (χ0n) is 15.3. The Morgan fingerprint density at radius 1 is 0.828 bits per heavy atom. The molecule has 3 aromatic rings. The van der Waals surface area contributed by atoms with E-state index in [4.69, 9.17) is 27.9 Å². The summed E-state index contributed by atoms with van der Waals surface area (Å²) in [7, 11) is 0. The third-order valence-electron chi connectivity index (χ3n) is 4.06. The second-order valence-corrected chi connectivity index (χ2v) is 6.99. The fourth-order valence-electron chi connectivity index (χ4n) is 2.59. The van der Waals surface area contributed by atoms with Crippen LogP contribution in [0.25, 0.3) is 0 Å². The second kappa shape index (κ2) is 9.96. The molecule has 0 heterocycles. The van der Waals surface area contributed by atoms with Gasteiger partial charge < -0.3 is 4.74 Å². The highest BCUT2D eigenvalue weighted by atomic mass is 35.5. The van der Waals surface area contributed by atoms with Crippen LogP contribution >= 0.6 is 23.2 Å². The van der Waals surface area contributed by atoms with E-state index >= 15 is 0 Å². The molecule has 0 fully saturated rings. The first kappa shape index (κ1) is 20.7. The van der Waals surface area contributed by atoms with Gasteiger partial charge in [0.15, 0.2) is 0 Å². The standard InChI is InChI=1S/C22H18Cl2N2O3/c23-17-9-10-19(20(24)14-17)22(28)26-25-21(27)16-7-4-8-18(13-16)29-12-11-15-5-2-1-3-6-15/h1-10,13-14H,11-12H2,(H,25,27)(H,26,28). The van der Waals surface area contributed by atoms with Crippen molar-refractivity contribution in [3.63, 3.8) is 0 Å². The number of hydrazine groups is 1. The minimum absolute atomic E-state index is 0.193. The highest BCUT2D eigenvalue weighted by Crippen LogP contribution is 2.20. The number of hydrogen-bond donors (Lipinski definition) is 2. The summed E-state index contributed by atoms with van der Waals surface area (Å²) in [5, 5.41) is 0.609. The van der Waals surface area contributed by atoms with Gasteiger partial charge in [-0.25, -0.2) is 0 Å². The van der Waals surface area contributed by atoms with Crippen LogP contribution in [0, 0.1) is 0 Å². The van der Waals surface area contributed by atoms with E-state index in [1.54, 1.807) is 30.3 Å². The number of carbonyl (C=O) groups excluding carboxylic acids is 2. The van der Waals surface area contributed by atoms with Crippen molar-refractivity contribution in [1.29, 1.82) is 0 Å². The zero-order valence-corrected chi connectivity index (χ0v) is 16.8. The molecule has 2 amide bonds. The molecule has 3 rings (SSSR count). The summed E-state index contributed by atoms with van der Waals surface area (Å²) in [6, 6.07) is 21.2. The molecule has 0 aliphatic carbocycles. The van der Waals surface area contributed by atoms with Crippen LogP contribution in [0.1, 0.15) is 26.3 Å².